The minimum atomic E-state index is -0.409. The number of anilines is 1. The van der Waals surface area contributed by atoms with Gasteiger partial charge in [-0.3, -0.25) is 0 Å². The zero-order valence-electron chi connectivity index (χ0n) is 10.4. The van der Waals surface area contributed by atoms with E-state index in [1.807, 2.05) is 24.3 Å². The van der Waals surface area contributed by atoms with E-state index in [0.717, 1.165) is 16.3 Å². The molecule has 1 aromatic heterocycles. The molecule has 0 spiro atoms. The molecule has 2 N–H and O–H groups in total. The fraction of sp³-hybridized carbons (Fsp3) is 0.250. The minimum absolute atomic E-state index is 0.0374. The first-order valence-electron chi connectivity index (χ1n) is 5.73. The molecule has 2 rings (SSSR count). The maximum absolute atomic E-state index is 10.8. The number of thioether (sulfide) groups is 1. The lowest BCUT2D eigenvalue weighted by Crippen LogP contribution is -2.06. The molecule has 19 heavy (non-hydrogen) atoms. The van der Waals surface area contributed by atoms with E-state index in [2.05, 4.69) is 4.98 Å². The Labute approximate surface area is 114 Å². The SMILES string of the molecule is Cc1ncc([N+](=O)[O-])n1CCSc1ccc(N)cc1. The van der Waals surface area contributed by atoms with Crippen molar-refractivity contribution in [2.75, 3.05) is 11.5 Å². The van der Waals surface area contributed by atoms with Gasteiger partial charge in [0.1, 0.15) is 12.7 Å². The monoisotopic (exact) mass is 278 g/mol. The quantitative estimate of drug-likeness (QED) is 0.393. The molecule has 0 saturated heterocycles. The number of hydrogen-bond donors (Lipinski definition) is 1. The van der Waals surface area contributed by atoms with Crippen LogP contribution in [0.25, 0.3) is 0 Å². The highest BCUT2D eigenvalue weighted by molar-refractivity contribution is 7.99. The van der Waals surface area contributed by atoms with Gasteiger partial charge in [0.25, 0.3) is 0 Å². The molecule has 0 aliphatic heterocycles. The first kappa shape index (κ1) is 13.4. The van der Waals surface area contributed by atoms with E-state index in [1.165, 1.54) is 6.20 Å². The highest BCUT2D eigenvalue weighted by Gasteiger charge is 2.16. The van der Waals surface area contributed by atoms with Gasteiger partial charge in [-0.15, -0.1) is 11.8 Å². The Hall–Kier alpha value is -2.02. The Morgan fingerprint density at radius 2 is 2.11 bits per heavy atom. The molecule has 100 valence electrons. The van der Waals surface area contributed by atoms with Crippen molar-refractivity contribution in [1.82, 2.24) is 9.55 Å². The van der Waals surface area contributed by atoms with Crippen LogP contribution in [0, 0.1) is 17.0 Å². The van der Waals surface area contributed by atoms with Gasteiger partial charge in [0, 0.05) is 23.3 Å². The molecule has 1 heterocycles. The third-order valence-corrected chi connectivity index (χ3v) is 3.68. The van der Waals surface area contributed by atoms with E-state index < -0.39 is 4.92 Å². The van der Waals surface area contributed by atoms with Crippen LogP contribution in [0.3, 0.4) is 0 Å². The van der Waals surface area contributed by atoms with Gasteiger partial charge in [-0.25, -0.2) is 9.55 Å². The van der Waals surface area contributed by atoms with Gasteiger partial charge in [0.15, 0.2) is 5.82 Å². The molecule has 0 amide bonds. The largest absolute Gasteiger partial charge is 0.399 e. The van der Waals surface area contributed by atoms with Gasteiger partial charge < -0.3 is 15.8 Å². The Balaban J connectivity index is 1.97. The lowest BCUT2D eigenvalue weighted by Gasteiger charge is -2.03. The van der Waals surface area contributed by atoms with Crippen LogP contribution in [0.5, 0.6) is 0 Å². The van der Waals surface area contributed by atoms with Gasteiger partial charge in [0.05, 0.1) is 0 Å². The van der Waals surface area contributed by atoms with Crippen LogP contribution in [-0.2, 0) is 6.54 Å². The summed E-state index contributed by atoms with van der Waals surface area (Å²) in [5.74, 6) is 1.43. The number of aromatic nitrogens is 2. The molecule has 0 unspecified atom stereocenters. The van der Waals surface area contributed by atoms with Gasteiger partial charge in [-0.2, -0.15) is 0 Å². The van der Waals surface area contributed by atoms with Crippen molar-refractivity contribution >= 4 is 23.3 Å². The lowest BCUT2D eigenvalue weighted by atomic mass is 10.3. The smallest absolute Gasteiger partial charge is 0.342 e. The first-order chi connectivity index (χ1) is 9.08. The van der Waals surface area contributed by atoms with Crippen molar-refractivity contribution in [3.63, 3.8) is 0 Å². The summed E-state index contributed by atoms with van der Waals surface area (Å²) >= 11 is 1.63. The summed E-state index contributed by atoms with van der Waals surface area (Å²) in [6.45, 7) is 2.32. The number of imidazole rings is 1. The Kier molecular flexibility index (Phi) is 4.06. The Morgan fingerprint density at radius 3 is 2.74 bits per heavy atom. The van der Waals surface area contributed by atoms with Gasteiger partial charge in [-0.05, 0) is 29.2 Å². The molecule has 0 bridgehead atoms. The third kappa shape index (κ3) is 3.25. The van der Waals surface area contributed by atoms with Crippen LogP contribution < -0.4 is 5.73 Å². The summed E-state index contributed by atoms with van der Waals surface area (Å²) in [6, 6.07) is 7.56. The van der Waals surface area contributed by atoms with Crippen LogP contribution in [-0.4, -0.2) is 20.2 Å². The van der Waals surface area contributed by atoms with E-state index >= 15 is 0 Å². The van der Waals surface area contributed by atoms with Crippen LogP contribution >= 0.6 is 11.8 Å². The number of nitrogens with zero attached hydrogens (tertiary/aromatic N) is 3. The average molecular weight is 278 g/mol. The summed E-state index contributed by atoms with van der Waals surface area (Å²) < 4.78 is 1.62. The molecule has 0 aliphatic carbocycles. The lowest BCUT2D eigenvalue weighted by molar-refractivity contribution is -0.392. The second-order valence-electron chi connectivity index (χ2n) is 3.99. The molecule has 0 atom stereocenters. The van der Waals surface area contributed by atoms with Gasteiger partial charge >= 0.3 is 5.82 Å². The predicted molar refractivity (Wildman–Crippen MR) is 75.2 cm³/mol. The second-order valence-corrected chi connectivity index (χ2v) is 5.16. The Bertz CT molecular complexity index is 580. The van der Waals surface area contributed by atoms with Gasteiger partial charge in [-0.1, -0.05) is 0 Å². The summed E-state index contributed by atoms with van der Waals surface area (Å²) in [7, 11) is 0. The van der Waals surface area contributed by atoms with E-state index in [1.54, 1.807) is 23.3 Å². The second kappa shape index (κ2) is 5.75. The molecule has 0 saturated carbocycles. The number of nitrogens with two attached hydrogens (primary N) is 1. The minimum Gasteiger partial charge on any atom is -0.399 e. The fourth-order valence-corrected chi connectivity index (χ4v) is 2.54. The fourth-order valence-electron chi connectivity index (χ4n) is 1.70. The van der Waals surface area contributed by atoms with E-state index in [9.17, 15) is 10.1 Å². The number of hydrogen-bond acceptors (Lipinski definition) is 5. The molecule has 2 aromatic rings. The van der Waals surface area contributed by atoms with Crippen LogP contribution in [0.4, 0.5) is 11.5 Å². The molecule has 0 radical (unpaired) electrons. The predicted octanol–water partition coefficient (Wildman–Crippen LogP) is 2.47. The standard InChI is InChI=1S/C12H14N4O2S/c1-9-14-8-12(16(17)18)15(9)6-7-19-11-4-2-10(13)3-5-11/h2-5,8H,6-7,13H2,1H3. The summed E-state index contributed by atoms with van der Waals surface area (Å²) in [4.78, 5) is 15.5. The number of nitro groups is 1. The van der Waals surface area contributed by atoms with Crippen molar-refractivity contribution < 1.29 is 4.92 Å². The van der Waals surface area contributed by atoms with Crippen molar-refractivity contribution in [3.8, 4) is 0 Å². The maximum atomic E-state index is 10.8. The normalized spacial score (nSPS) is 10.6. The zero-order valence-corrected chi connectivity index (χ0v) is 11.3. The van der Waals surface area contributed by atoms with Crippen molar-refractivity contribution in [3.05, 3.63) is 46.4 Å². The van der Waals surface area contributed by atoms with E-state index in [-0.39, 0.29) is 5.82 Å². The topological polar surface area (TPSA) is 87.0 Å². The summed E-state index contributed by atoms with van der Waals surface area (Å²) in [5, 5.41) is 10.8. The molecule has 0 fully saturated rings. The van der Waals surface area contributed by atoms with Gasteiger partial charge in [0.2, 0.25) is 0 Å². The highest BCUT2D eigenvalue weighted by atomic mass is 32.2. The molecular formula is C12H14N4O2S. The van der Waals surface area contributed by atoms with Crippen molar-refractivity contribution in [2.45, 2.75) is 18.4 Å². The molecule has 7 heteroatoms. The average Bonchev–Trinajstić information content (AvgIpc) is 2.74. The number of benzene rings is 1. The molecule has 0 aliphatic rings. The number of rotatable bonds is 5. The molecule has 6 nitrogen and oxygen atoms in total. The van der Waals surface area contributed by atoms with Crippen LogP contribution in [0.15, 0.2) is 35.4 Å². The molecular weight excluding hydrogens is 264 g/mol. The Morgan fingerprint density at radius 1 is 1.42 bits per heavy atom. The third-order valence-electron chi connectivity index (χ3n) is 2.68. The molecule has 1 aromatic carbocycles. The van der Waals surface area contributed by atoms with E-state index in [0.29, 0.717) is 12.4 Å². The number of nitrogen functional groups attached to an aromatic ring is 1. The summed E-state index contributed by atoms with van der Waals surface area (Å²) in [6.07, 6.45) is 1.29. The van der Waals surface area contributed by atoms with Crippen LogP contribution in [0.1, 0.15) is 5.82 Å². The first-order valence-corrected chi connectivity index (χ1v) is 6.71. The van der Waals surface area contributed by atoms with Crippen molar-refractivity contribution in [1.29, 1.82) is 0 Å². The number of aryl methyl sites for hydroxylation is 1. The van der Waals surface area contributed by atoms with Crippen molar-refractivity contribution in [2.24, 2.45) is 0 Å². The van der Waals surface area contributed by atoms with Crippen LogP contribution in [0.2, 0.25) is 0 Å². The summed E-state index contributed by atoms with van der Waals surface area (Å²) in [5.41, 5.74) is 6.34. The highest BCUT2D eigenvalue weighted by Crippen LogP contribution is 2.21. The van der Waals surface area contributed by atoms with E-state index in [4.69, 9.17) is 5.73 Å². The zero-order chi connectivity index (χ0) is 13.8. The maximum Gasteiger partial charge on any atom is 0.342 e.